The summed E-state index contributed by atoms with van der Waals surface area (Å²) in [7, 11) is -1.27. The molecule has 0 unspecified atom stereocenters. The van der Waals surface area contributed by atoms with Gasteiger partial charge >= 0.3 is 0 Å². The van der Waals surface area contributed by atoms with E-state index in [1.165, 1.54) is 30.2 Å². The van der Waals surface area contributed by atoms with Crippen LogP contribution in [0.4, 0.5) is 5.69 Å². The summed E-state index contributed by atoms with van der Waals surface area (Å²) in [4.78, 5) is 29.5. The van der Waals surface area contributed by atoms with Crippen LogP contribution < -0.4 is 19.1 Å². The Morgan fingerprint density at radius 2 is 1.64 bits per heavy atom. The van der Waals surface area contributed by atoms with Gasteiger partial charge in [-0.1, -0.05) is 68.1 Å². The molecule has 11 heteroatoms. The summed E-state index contributed by atoms with van der Waals surface area (Å²) in [6.07, 6.45) is 5.36. The monoisotopic (exact) mass is 641 g/mol. The fourth-order valence-electron chi connectivity index (χ4n) is 5.48. The second-order valence-corrected chi connectivity index (χ2v) is 13.1. The maximum absolute atomic E-state index is 14.4. The summed E-state index contributed by atoms with van der Waals surface area (Å²) in [6.45, 7) is 1.35. The van der Waals surface area contributed by atoms with Crippen LogP contribution in [0.2, 0.25) is 5.02 Å². The summed E-state index contributed by atoms with van der Waals surface area (Å²) in [5.41, 5.74) is 0.877. The van der Waals surface area contributed by atoms with E-state index in [2.05, 4.69) is 5.32 Å². The minimum absolute atomic E-state index is 0.00128. The van der Waals surface area contributed by atoms with Gasteiger partial charge in [-0.05, 0) is 67.3 Å². The number of hydrogen-bond acceptors (Lipinski definition) is 6. The number of sulfonamides is 1. The van der Waals surface area contributed by atoms with Crippen LogP contribution in [-0.2, 0) is 26.2 Å². The van der Waals surface area contributed by atoms with Crippen molar-refractivity contribution >= 4 is 39.1 Å². The molecule has 1 saturated carbocycles. The van der Waals surface area contributed by atoms with E-state index in [1.807, 2.05) is 19.1 Å². The number of benzene rings is 3. The number of anilines is 1. The van der Waals surface area contributed by atoms with E-state index in [1.54, 1.807) is 49.6 Å². The van der Waals surface area contributed by atoms with Crippen molar-refractivity contribution in [1.29, 1.82) is 0 Å². The summed E-state index contributed by atoms with van der Waals surface area (Å²) >= 11 is 6.32. The predicted molar refractivity (Wildman–Crippen MR) is 172 cm³/mol. The molecule has 0 aliphatic heterocycles. The molecule has 0 saturated heterocycles. The lowest BCUT2D eigenvalue weighted by Gasteiger charge is -2.34. The van der Waals surface area contributed by atoms with Gasteiger partial charge in [0.15, 0.2) is 0 Å². The second-order valence-electron chi connectivity index (χ2n) is 10.8. The van der Waals surface area contributed by atoms with Gasteiger partial charge in [0.05, 0.1) is 24.8 Å². The molecule has 4 rings (SSSR count). The first-order valence-corrected chi connectivity index (χ1v) is 16.6. The molecular weight excluding hydrogens is 602 g/mol. The van der Waals surface area contributed by atoms with E-state index in [4.69, 9.17) is 21.1 Å². The van der Waals surface area contributed by atoms with Gasteiger partial charge in [-0.2, -0.15) is 0 Å². The average molecular weight is 642 g/mol. The lowest BCUT2D eigenvalue weighted by atomic mass is 9.95. The Morgan fingerprint density at radius 3 is 2.25 bits per heavy atom. The number of nitrogens with one attached hydrogen (secondary N) is 1. The fourth-order valence-corrected chi connectivity index (χ4v) is 7.09. The van der Waals surface area contributed by atoms with Crippen molar-refractivity contribution in [1.82, 2.24) is 10.2 Å². The first-order chi connectivity index (χ1) is 21.2. The van der Waals surface area contributed by atoms with Crippen molar-refractivity contribution in [3.63, 3.8) is 0 Å². The Labute approximate surface area is 265 Å². The van der Waals surface area contributed by atoms with Gasteiger partial charge in [-0.3, -0.25) is 13.9 Å². The summed E-state index contributed by atoms with van der Waals surface area (Å²) < 4.78 is 40.0. The molecule has 2 amide bonds. The molecule has 0 spiro atoms. The molecular formula is C33H40ClN3O6S. The SMILES string of the molecule is CC[C@@H](C(=O)NC1CCCCC1)N(Cc1ccc(OC)cc1)C(=O)CN(c1cc(Cl)ccc1OC)S(=O)(=O)c1ccccc1. The molecule has 1 aliphatic carbocycles. The predicted octanol–water partition coefficient (Wildman–Crippen LogP) is 5.81. The Hall–Kier alpha value is -3.76. The highest BCUT2D eigenvalue weighted by molar-refractivity contribution is 7.92. The molecule has 1 atom stereocenters. The summed E-state index contributed by atoms with van der Waals surface area (Å²) in [5, 5.41) is 3.43. The minimum atomic E-state index is -4.26. The molecule has 236 valence electrons. The number of hydrogen-bond donors (Lipinski definition) is 1. The van der Waals surface area contributed by atoms with Gasteiger partial charge < -0.3 is 19.7 Å². The van der Waals surface area contributed by atoms with Crippen LogP contribution in [0, 0.1) is 0 Å². The molecule has 0 heterocycles. The Kier molecular flexibility index (Phi) is 11.5. The van der Waals surface area contributed by atoms with Crippen molar-refractivity contribution in [3.8, 4) is 11.5 Å². The van der Waals surface area contributed by atoms with Crippen LogP contribution in [-0.4, -0.2) is 58.0 Å². The highest BCUT2D eigenvalue weighted by atomic mass is 35.5. The number of amides is 2. The third-order valence-electron chi connectivity index (χ3n) is 7.87. The number of carbonyl (C=O) groups is 2. The van der Waals surface area contributed by atoms with Crippen LogP contribution >= 0.6 is 11.6 Å². The molecule has 9 nitrogen and oxygen atoms in total. The van der Waals surface area contributed by atoms with Crippen LogP contribution in [0.3, 0.4) is 0 Å². The highest BCUT2D eigenvalue weighted by Crippen LogP contribution is 2.35. The van der Waals surface area contributed by atoms with Gasteiger partial charge in [-0.25, -0.2) is 8.42 Å². The molecule has 3 aromatic rings. The third kappa shape index (κ3) is 8.04. The number of methoxy groups -OCH3 is 2. The number of nitrogens with zero attached hydrogens (tertiary/aromatic N) is 2. The molecule has 0 bridgehead atoms. The van der Waals surface area contributed by atoms with E-state index in [0.29, 0.717) is 12.2 Å². The quantitative estimate of drug-likeness (QED) is 0.253. The van der Waals surface area contributed by atoms with Crippen LogP contribution in [0.15, 0.2) is 77.7 Å². The average Bonchev–Trinajstić information content (AvgIpc) is 3.04. The van der Waals surface area contributed by atoms with E-state index in [0.717, 1.165) is 42.0 Å². The van der Waals surface area contributed by atoms with E-state index < -0.39 is 28.5 Å². The largest absolute Gasteiger partial charge is 0.497 e. The van der Waals surface area contributed by atoms with E-state index in [-0.39, 0.29) is 39.8 Å². The van der Waals surface area contributed by atoms with E-state index >= 15 is 0 Å². The van der Waals surface area contributed by atoms with Gasteiger partial charge in [0.1, 0.15) is 24.1 Å². The topological polar surface area (TPSA) is 105 Å². The maximum Gasteiger partial charge on any atom is 0.264 e. The van der Waals surface area contributed by atoms with E-state index in [9.17, 15) is 18.0 Å². The van der Waals surface area contributed by atoms with Crippen LogP contribution in [0.25, 0.3) is 0 Å². The molecule has 3 aromatic carbocycles. The van der Waals surface area contributed by atoms with Gasteiger partial charge in [-0.15, -0.1) is 0 Å². The molecule has 44 heavy (non-hydrogen) atoms. The normalized spacial score (nSPS) is 14.4. The Balaban J connectivity index is 1.74. The number of rotatable bonds is 13. The summed E-state index contributed by atoms with van der Waals surface area (Å²) in [6, 6.07) is 18.9. The lowest BCUT2D eigenvalue weighted by Crippen LogP contribution is -2.54. The van der Waals surface area contributed by atoms with Crippen LogP contribution in [0.1, 0.15) is 51.0 Å². The van der Waals surface area contributed by atoms with Crippen molar-refractivity contribution in [3.05, 3.63) is 83.4 Å². The number of carbonyl (C=O) groups excluding carboxylic acids is 2. The fraction of sp³-hybridized carbons (Fsp3) is 0.394. The van der Waals surface area contributed by atoms with Gasteiger partial charge in [0, 0.05) is 17.6 Å². The molecule has 1 aliphatic rings. The Bertz CT molecular complexity index is 1510. The summed E-state index contributed by atoms with van der Waals surface area (Å²) in [5.74, 6) is 0.0828. The van der Waals surface area contributed by atoms with Crippen molar-refractivity contribution < 1.29 is 27.5 Å². The molecule has 0 aromatic heterocycles. The lowest BCUT2D eigenvalue weighted by molar-refractivity contribution is -0.140. The smallest absolute Gasteiger partial charge is 0.264 e. The van der Waals surface area contributed by atoms with Crippen LogP contribution in [0.5, 0.6) is 11.5 Å². The van der Waals surface area contributed by atoms with Crippen molar-refractivity contribution in [2.75, 3.05) is 25.1 Å². The van der Waals surface area contributed by atoms with Crippen molar-refractivity contribution in [2.24, 2.45) is 0 Å². The zero-order valence-corrected chi connectivity index (χ0v) is 26.9. The van der Waals surface area contributed by atoms with Crippen molar-refractivity contribution in [2.45, 2.75) is 69.0 Å². The van der Waals surface area contributed by atoms with Gasteiger partial charge in [0.25, 0.3) is 10.0 Å². The first-order valence-electron chi connectivity index (χ1n) is 14.8. The third-order valence-corrected chi connectivity index (χ3v) is 9.88. The first kappa shape index (κ1) is 33.1. The second kappa shape index (κ2) is 15.3. The minimum Gasteiger partial charge on any atom is -0.497 e. The molecule has 1 fully saturated rings. The molecule has 0 radical (unpaired) electrons. The van der Waals surface area contributed by atoms with Gasteiger partial charge in [0.2, 0.25) is 11.8 Å². The zero-order chi connectivity index (χ0) is 31.7. The number of ether oxygens (including phenoxy) is 2. The highest BCUT2D eigenvalue weighted by Gasteiger charge is 2.35. The number of halogens is 1. The molecule has 1 N–H and O–H groups in total. The standard InChI is InChI=1S/C33H40ClN3O6S/c1-4-29(33(39)35-26-11-7-5-8-12-26)36(22-24-15-18-27(42-2)19-16-24)32(38)23-37(30-21-25(34)17-20-31(30)43-3)44(40,41)28-13-9-6-10-14-28/h6,9-10,13-21,26,29H,4-5,7-8,11-12,22-23H2,1-3H3,(H,35,39)/t29-/m0/s1. The zero-order valence-electron chi connectivity index (χ0n) is 25.4. The Morgan fingerprint density at radius 1 is 0.955 bits per heavy atom. The maximum atomic E-state index is 14.4.